The highest BCUT2D eigenvalue weighted by molar-refractivity contribution is 6.24. The van der Waals surface area contributed by atoms with Crippen LogP contribution < -0.4 is 11.5 Å². The lowest BCUT2D eigenvalue weighted by atomic mass is 9.78. The van der Waals surface area contributed by atoms with Gasteiger partial charge in [0.2, 0.25) is 0 Å². The summed E-state index contributed by atoms with van der Waals surface area (Å²) < 4.78 is 0. The molecule has 0 saturated heterocycles. The number of nitrogens with one attached hydrogen (secondary N) is 2. The van der Waals surface area contributed by atoms with E-state index < -0.39 is 0 Å². The summed E-state index contributed by atoms with van der Waals surface area (Å²) in [6.07, 6.45) is 0. The fourth-order valence-corrected chi connectivity index (χ4v) is 7.08. The Labute approximate surface area is 278 Å². The lowest BCUT2D eigenvalue weighted by Crippen LogP contribution is -2.12. The molecule has 4 heteroatoms. The van der Waals surface area contributed by atoms with Gasteiger partial charge in [0.05, 0.1) is 0 Å². The molecule has 4 nitrogen and oxygen atoms in total. The Morgan fingerprint density at radius 3 is 0.979 bits per heavy atom. The molecule has 6 N–H and O–H groups in total. The second-order valence-corrected chi connectivity index (χ2v) is 12.1. The van der Waals surface area contributed by atoms with Crippen LogP contribution in [0.3, 0.4) is 0 Å². The second-order valence-electron chi connectivity index (χ2n) is 12.1. The van der Waals surface area contributed by atoms with Crippen LogP contribution in [0.2, 0.25) is 0 Å². The van der Waals surface area contributed by atoms with Gasteiger partial charge in [0.25, 0.3) is 0 Å². The van der Waals surface area contributed by atoms with E-state index in [0.717, 1.165) is 76.5 Å². The maximum atomic E-state index is 8.35. The summed E-state index contributed by atoms with van der Waals surface area (Å²) in [5, 5.41) is 25.8. The van der Waals surface area contributed by atoms with Crippen LogP contribution in [0.1, 0.15) is 33.4 Å². The van der Waals surface area contributed by atoms with E-state index in [2.05, 4.69) is 121 Å². The van der Waals surface area contributed by atoms with Gasteiger partial charge in [0, 0.05) is 11.1 Å². The molecule has 0 aromatic heterocycles. The van der Waals surface area contributed by atoms with Crippen molar-refractivity contribution in [3.05, 3.63) is 191 Å². The zero-order chi connectivity index (χ0) is 32.8. The van der Waals surface area contributed by atoms with E-state index in [4.69, 9.17) is 22.3 Å². The number of hydrogen-bond donors (Lipinski definition) is 4. The van der Waals surface area contributed by atoms with Gasteiger partial charge in [-0.25, -0.2) is 0 Å². The zero-order valence-corrected chi connectivity index (χ0v) is 26.2. The first-order valence-electron chi connectivity index (χ1n) is 15.9. The molecule has 8 aromatic rings. The Balaban J connectivity index is 1.71. The maximum Gasteiger partial charge on any atom is 0.122 e. The first-order valence-corrected chi connectivity index (χ1v) is 15.9. The van der Waals surface area contributed by atoms with Crippen molar-refractivity contribution in [3.63, 3.8) is 0 Å². The van der Waals surface area contributed by atoms with E-state index in [1.54, 1.807) is 0 Å². The van der Waals surface area contributed by atoms with Gasteiger partial charge in [0.1, 0.15) is 11.7 Å². The zero-order valence-electron chi connectivity index (χ0n) is 26.2. The van der Waals surface area contributed by atoms with Crippen molar-refractivity contribution in [1.29, 1.82) is 10.8 Å². The molecule has 8 rings (SSSR count). The molecular formula is C44H32N4. The fraction of sp³-hybridized carbons (Fsp3) is 0. The average Bonchev–Trinajstić information content (AvgIpc) is 3.12. The molecule has 228 valence electrons. The first kappa shape index (κ1) is 28.9. The Morgan fingerprint density at radius 2 is 0.646 bits per heavy atom. The molecule has 0 aliphatic rings. The van der Waals surface area contributed by atoms with Crippen molar-refractivity contribution < 1.29 is 0 Å². The highest BCUT2D eigenvalue weighted by atomic mass is 14.7. The molecule has 0 heterocycles. The summed E-state index contributed by atoms with van der Waals surface area (Å²) >= 11 is 0. The predicted molar refractivity (Wildman–Crippen MR) is 203 cm³/mol. The van der Waals surface area contributed by atoms with Gasteiger partial charge in [-0.1, -0.05) is 133 Å². The van der Waals surface area contributed by atoms with Crippen LogP contribution in [0.4, 0.5) is 0 Å². The Hall–Kier alpha value is -6.52. The predicted octanol–water partition coefficient (Wildman–Crippen LogP) is 9.87. The monoisotopic (exact) mass is 616 g/mol. The number of fused-ring (bicyclic) bond motifs is 4. The molecule has 0 bridgehead atoms. The largest absolute Gasteiger partial charge is 0.384 e. The van der Waals surface area contributed by atoms with E-state index in [9.17, 15) is 0 Å². The van der Waals surface area contributed by atoms with E-state index in [1.165, 1.54) is 0 Å². The van der Waals surface area contributed by atoms with Crippen molar-refractivity contribution in [3.8, 4) is 0 Å². The van der Waals surface area contributed by atoms with Crippen LogP contribution in [0.25, 0.3) is 54.2 Å². The SMILES string of the molecule is N=C(N)c1cccc(C(=C(c2c3ccccc3cc3ccccc23)c2c3ccccc3cc3ccccc23)c2cccc(C(=N)N)c2)c1. The maximum absolute atomic E-state index is 8.35. The van der Waals surface area contributed by atoms with Crippen LogP contribution in [0, 0.1) is 10.8 Å². The van der Waals surface area contributed by atoms with Crippen molar-refractivity contribution in [2.75, 3.05) is 0 Å². The number of hydrogen-bond acceptors (Lipinski definition) is 2. The molecule has 48 heavy (non-hydrogen) atoms. The molecule has 0 atom stereocenters. The van der Waals surface area contributed by atoms with E-state index in [1.807, 2.05) is 36.4 Å². The summed E-state index contributed by atoms with van der Waals surface area (Å²) in [6, 6.07) is 54.7. The molecule has 0 saturated carbocycles. The van der Waals surface area contributed by atoms with Crippen molar-refractivity contribution in [2.45, 2.75) is 0 Å². The lowest BCUT2D eigenvalue weighted by Gasteiger charge is -2.24. The topological polar surface area (TPSA) is 99.7 Å². The first-order chi connectivity index (χ1) is 23.5. The minimum absolute atomic E-state index is 0.00135. The third-order valence-electron chi connectivity index (χ3n) is 9.22. The summed E-state index contributed by atoms with van der Waals surface area (Å²) in [4.78, 5) is 0. The van der Waals surface area contributed by atoms with Crippen molar-refractivity contribution in [2.24, 2.45) is 11.5 Å². The number of nitrogens with two attached hydrogens (primary N) is 2. The normalized spacial score (nSPS) is 11.2. The van der Waals surface area contributed by atoms with Gasteiger partial charge >= 0.3 is 0 Å². The smallest absolute Gasteiger partial charge is 0.122 e. The minimum Gasteiger partial charge on any atom is -0.384 e. The third-order valence-corrected chi connectivity index (χ3v) is 9.22. The van der Waals surface area contributed by atoms with Crippen LogP contribution in [-0.4, -0.2) is 11.7 Å². The van der Waals surface area contributed by atoms with Gasteiger partial charge < -0.3 is 11.5 Å². The molecule has 0 unspecified atom stereocenters. The molecular weight excluding hydrogens is 585 g/mol. The van der Waals surface area contributed by atoms with Crippen LogP contribution in [-0.2, 0) is 0 Å². The standard InChI is InChI=1S/C44H32N4/c45-43(46)33-17-9-15-31(25-33)39(32-16-10-18-34(26-32)44(47)48)42(40-35-19-5-1-11-27(35)23-28-12-2-6-20-36(28)40)41-37-21-7-3-13-29(37)24-30-14-4-8-22-38(30)41/h1-26H,(H3,45,46)(H3,47,48). The van der Waals surface area contributed by atoms with Gasteiger partial charge in [-0.15, -0.1) is 0 Å². The molecule has 8 aromatic carbocycles. The van der Waals surface area contributed by atoms with E-state index in [0.29, 0.717) is 11.1 Å². The summed E-state index contributed by atoms with van der Waals surface area (Å²) in [5.74, 6) is 0.00270. The summed E-state index contributed by atoms with van der Waals surface area (Å²) in [5.41, 5.74) is 19.5. The lowest BCUT2D eigenvalue weighted by molar-refractivity contribution is 1.41. The van der Waals surface area contributed by atoms with Gasteiger partial charge in [-0.3, -0.25) is 10.8 Å². The average molecular weight is 617 g/mol. The molecule has 0 radical (unpaired) electrons. The molecule has 0 fully saturated rings. The fourth-order valence-electron chi connectivity index (χ4n) is 7.08. The van der Waals surface area contributed by atoms with Crippen LogP contribution >= 0.6 is 0 Å². The van der Waals surface area contributed by atoms with Gasteiger partial charge in [-0.2, -0.15) is 0 Å². The molecule has 0 aliphatic carbocycles. The second kappa shape index (κ2) is 11.7. The van der Waals surface area contributed by atoms with Crippen LogP contribution in [0.15, 0.2) is 158 Å². The number of rotatable bonds is 6. The van der Waals surface area contributed by atoms with Crippen molar-refractivity contribution in [1.82, 2.24) is 0 Å². The Morgan fingerprint density at radius 1 is 0.333 bits per heavy atom. The van der Waals surface area contributed by atoms with Gasteiger partial charge in [-0.05, 0) is 101 Å². The quantitative estimate of drug-likeness (QED) is 0.0647. The van der Waals surface area contributed by atoms with Crippen LogP contribution in [0.5, 0.6) is 0 Å². The number of benzene rings is 8. The summed E-state index contributed by atoms with van der Waals surface area (Å²) in [7, 11) is 0. The molecule has 0 spiro atoms. The Bertz CT molecular complexity index is 2340. The summed E-state index contributed by atoms with van der Waals surface area (Å²) in [6.45, 7) is 0. The molecule has 0 amide bonds. The third kappa shape index (κ3) is 4.88. The molecule has 0 aliphatic heterocycles. The van der Waals surface area contributed by atoms with Gasteiger partial charge in [0.15, 0.2) is 0 Å². The minimum atomic E-state index is 0.00135. The van der Waals surface area contributed by atoms with E-state index >= 15 is 0 Å². The Kier molecular flexibility index (Phi) is 7.04. The van der Waals surface area contributed by atoms with Crippen molar-refractivity contribution >= 4 is 65.9 Å². The van der Waals surface area contributed by atoms with E-state index in [-0.39, 0.29) is 11.7 Å². The highest BCUT2D eigenvalue weighted by Gasteiger charge is 2.24. The highest BCUT2D eigenvalue weighted by Crippen LogP contribution is 2.47. The number of amidine groups is 2. The number of nitrogen functional groups attached to an aromatic ring is 2.